The van der Waals surface area contributed by atoms with E-state index in [0.29, 0.717) is 11.6 Å². The van der Waals surface area contributed by atoms with Crippen LogP contribution in [0.1, 0.15) is 37.7 Å². The van der Waals surface area contributed by atoms with Crippen LogP contribution in [0.2, 0.25) is 0 Å². The van der Waals surface area contributed by atoms with Crippen molar-refractivity contribution >= 4 is 17.6 Å². The van der Waals surface area contributed by atoms with Crippen molar-refractivity contribution in [3.63, 3.8) is 0 Å². The average molecular weight is 284 g/mol. The molecule has 1 aliphatic carbocycles. The van der Waals surface area contributed by atoms with Crippen LogP contribution in [-0.4, -0.2) is 28.9 Å². The monoisotopic (exact) mass is 284 g/mol. The number of aryl methyl sites for hydroxylation is 1. The summed E-state index contributed by atoms with van der Waals surface area (Å²) >= 11 is 0. The molecule has 4 heteroatoms. The summed E-state index contributed by atoms with van der Waals surface area (Å²) in [4.78, 5) is 28.7. The summed E-state index contributed by atoms with van der Waals surface area (Å²) in [6, 6.07) is 7.59. The first-order valence-electron chi connectivity index (χ1n) is 7.90. The first kappa shape index (κ1) is 12.9. The van der Waals surface area contributed by atoms with Crippen LogP contribution in [0.15, 0.2) is 24.3 Å². The maximum Gasteiger partial charge on any atom is 0.332 e. The Morgan fingerprint density at radius 3 is 2.52 bits per heavy atom. The van der Waals surface area contributed by atoms with Crippen molar-refractivity contribution in [3.8, 4) is 0 Å². The highest BCUT2D eigenvalue weighted by Crippen LogP contribution is 2.44. The second-order valence-corrected chi connectivity index (χ2v) is 6.56. The highest BCUT2D eigenvalue weighted by atomic mass is 16.2. The maximum atomic E-state index is 12.8. The van der Waals surface area contributed by atoms with Gasteiger partial charge in [0.15, 0.2) is 0 Å². The summed E-state index contributed by atoms with van der Waals surface area (Å²) in [6.45, 7) is 2.00. The first-order chi connectivity index (χ1) is 10.2. The summed E-state index contributed by atoms with van der Waals surface area (Å²) in [5.41, 5.74) is 1.84. The fraction of sp³-hybridized carbons (Fsp3) is 0.529. The van der Waals surface area contributed by atoms with Crippen molar-refractivity contribution in [2.24, 2.45) is 5.92 Å². The van der Waals surface area contributed by atoms with Gasteiger partial charge in [-0.25, -0.2) is 9.69 Å². The molecule has 1 aromatic rings. The highest BCUT2D eigenvalue weighted by molar-refractivity contribution is 6.21. The largest absolute Gasteiger partial charge is 0.332 e. The van der Waals surface area contributed by atoms with E-state index in [1.807, 2.05) is 36.1 Å². The van der Waals surface area contributed by atoms with E-state index < -0.39 is 0 Å². The smallest absolute Gasteiger partial charge is 0.309 e. The molecular weight excluding hydrogens is 264 g/mol. The van der Waals surface area contributed by atoms with E-state index in [0.717, 1.165) is 18.4 Å². The lowest BCUT2D eigenvalue weighted by Crippen LogP contribution is -2.41. The third-order valence-corrected chi connectivity index (χ3v) is 5.30. The van der Waals surface area contributed by atoms with Gasteiger partial charge in [0.25, 0.3) is 5.91 Å². The molecule has 0 aromatic heterocycles. The van der Waals surface area contributed by atoms with E-state index in [2.05, 4.69) is 0 Å². The molecule has 4 nitrogen and oxygen atoms in total. The molecule has 3 unspecified atom stereocenters. The Kier molecular flexibility index (Phi) is 2.81. The third kappa shape index (κ3) is 1.81. The van der Waals surface area contributed by atoms with Gasteiger partial charge in [0.05, 0.1) is 5.69 Å². The zero-order valence-corrected chi connectivity index (χ0v) is 12.3. The Morgan fingerprint density at radius 1 is 1.05 bits per heavy atom. The maximum absolute atomic E-state index is 12.8. The van der Waals surface area contributed by atoms with Crippen molar-refractivity contribution in [3.05, 3.63) is 29.8 Å². The summed E-state index contributed by atoms with van der Waals surface area (Å²) < 4.78 is 0. The second-order valence-electron chi connectivity index (χ2n) is 6.56. The van der Waals surface area contributed by atoms with Gasteiger partial charge >= 0.3 is 6.03 Å². The van der Waals surface area contributed by atoms with Crippen LogP contribution in [0.25, 0.3) is 0 Å². The van der Waals surface area contributed by atoms with Gasteiger partial charge in [-0.05, 0) is 44.2 Å². The van der Waals surface area contributed by atoms with Crippen LogP contribution in [-0.2, 0) is 4.79 Å². The average Bonchev–Trinajstić information content (AvgIpc) is 2.98. The summed E-state index contributed by atoms with van der Waals surface area (Å²) in [5.74, 6) is 0.509. The van der Waals surface area contributed by atoms with E-state index in [1.165, 1.54) is 24.2 Å². The molecule has 3 fully saturated rings. The van der Waals surface area contributed by atoms with Gasteiger partial charge in [-0.2, -0.15) is 0 Å². The number of hydrogen-bond donors (Lipinski definition) is 0. The Labute approximate surface area is 124 Å². The number of carbonyl (C=O) groups is 2. The molecule has 2 aliphatic heterocycles. The van der Waals surface area contributed by atoms with E-state index in [4.69, 9.17) is 0 Å². The van der Waals surface area contributed by atoms with Gasteiger partial charge in [-0.15, -0.1) is 0 Å². The number of rotatable bonds is 1. The Balaban J connectivity index is 1.66. The molecule has 1 aromatic carbocycles. The number of fused-ring (bicyclic) bond motifs is 3. The molecule has 0 radical (unpaired) electrons. The molecule has 1 saturated carbocycles. The molecule has 0 bridgehead atoms. The molecule has 3 atom stereocenters. The van der Waals surface area contributed by atoms with Crippen LogP contribution < -0.4 is 4.90 Å². The quantitative estimate of drug-likeness (QED) is 0.744. The molecule has 110 valence electrons. The molecule has 2 saturated heterocycles. The molecular formula is C17H20N2O2. The fourth-order valence-corrected chi connectivity index (χ4v) is 4.25. The number of carbonyl (C=O) groups excluding carboxylic acids is 2. The number of anilines is 1. The molecule has 3 aliphatic rings. The number of urea groups is 1. The van der Waals surface area contributed by atoms with E-state index in [9.17, 15) is 9.59 Å². The standard InChI is InChI=1S/C17H20N2O2/c1-11-6-8-13(9-7-11)18-16(20)15-10-12-4-2-3-5-14(12)19(15)17(18)21/h6-9,12,14-15H,2-5,10H2,1H3. The van der Waals surface area contributed by atoms with Crippen molar-refractivity contribution in [2.45, 2.75) is 51.1 Å². The summed E-state index contributed by atoms with van der Waals surface area (Å²) in [5, 5.41) is 0. The van der Waals surface area contributed by atoms with Gasteiger partial charge in [-0.3, -0.25) is 4.79 Å². The second kappa shape index (κ2) is 4.58. The predicted molar refractivity (Wildman–Crippen MR) is 80.1 cm³/mol. The van der Waals surface area contributed by atoms with Crippen LogP contribution in [0.5, 0.6) is 0 Å². The molecule has 0 spiro atoms. The zero-order valence-electron chi connectivity index (χ0n) is 12.3. The lowest BCUT2D eigenvalue weighted by Gasteiger charge is -2.31. The Morgan fingerprint density at radius 2 is 1.76 bits per heavy atom. The Hall–Kier alpha value is -1.84. The zero-order chi connectivity index (χ0) is 14.6. The minimum absolute atomic E-state index is 0.0294. The topological polar surface area (TPSA) is 40.6 Å². The van der Waals surface area contributed by atoms with Gasteiger partial charge < -0.3 is 4.90 Å². The van der Waals surface area contributed by atoms with E-state index in [-0.39, 0.29) is 24.0 Å². The lowest BCUT2D eigenvalue weighted by atomic mass is 9.84. The molecule has 4 rings (SSSR count). The molecule has 3 amide bonds. The molecule has 21 heavy (non-hydrogen) atoms. The van der Waals surface area contributed by atoms with Crippen LogP contribution in [0.3, 0.4) is 0 Å². The van der Waals surface area contributed by atoms with Crippen LogP contribution in [0.4, 0.5) is 10.5 Å². The van der Waals surface area contributed by atoms with Crippen LogP contribution >= 0.6 is 0 Å². The van der Waals surface area contributed by atoms with Crippen molar-refractivity contribution in [1.82, 2.24) is 4.90 Å². The van der Waals surface area contributed by atoms with E-state index in [1.54, 1.807) is 0 Å². The SMILES string of the molecule is Cc1ccc(N2C(=O)C3CC4CCCCC4N3C2=O)cc1. The van der Waals surface area contributed by atoms with Crippen molar-refractivity contribution in [1.29, 1.82) is 0 Å². The van der Waals surface area contributed by atoms with E-state index >= 15 is 0 Å². The van der Waals surface area contributed by atoms with Gasteiger partial charge in [0.2, 0.25) is 0 Å². The number of benzene rings is 1. The number of amides is 3. The number of nitrogens with zero attached hydrogens (tertiary/aromatic N) is 2. The van der Waals surface area contributed by atoms with Gasteiger partial charge in [-0.1, -0.05) is 30.5 Å². The fourth-order valence-electron chi connectivity index (χ4n) is 4.25. The third-order valence-electron chi connectivity index (χ3n) is 5.30. The predicted octanol–water partition coefficient (Wildman–Crippen LogP) is 3.09. The van der Waals surface area contributed by atoms with Crippen LogP contribution in [0, 0.1) is 12.8 Å². The summed E-state index contributed by atoms with van der Waals surface area (Å²) in [7, 11) is 0. The molecule has 2 heterocycles. The van der Waals surface area contributed by atoms with Gasteiger partial charge in [0.1, 0.15) is 6.04 Å². The minimum atomic E-state index is -0.216. The molecule has 0 N–H and O–H groups in total. The normalized spacial score (nSPS) is 31.6. The number of imide groups is 1. The Bertz CT molecular complexity index is 595. The minimum Gasteiger partial charge on any atom is -0.309 e. The lowest BCUT2D eigenvalue weighted by molar-refractivity contribution is -0.119. The van der Waals surface area contributed by atoms with Gasteiger partial charge in [0, 0.05) is 6.04 Å². The van der Waals surface area contributed by atoms with Crippen molar-refractivity contribution < 1.29 is 9.59 Å². The number of hydrogen-bond acceptors (Lipinski definition) is 2. The first-order valence-corrected chi connectivity index (χ1v) is 7.90. The summed E-state index contributed by atoms with van der Waals surface area (Å²) in [6.07, 6.45) is 5.50. The highest BCUT2D eigenvalue weighted by Gasteiger charge is 2.55. The van der Waals surface area contributed by atoms with Crippen molar-refractivity contribution in [2.75, 3.05) is 4.90 Å².